The number of ether oxygens (including phenoxy) is 1. The lowest BCUT2D eigenvalue weighted by Crippen LogP contribution is -2.36. The van der Waals surface area contributed by atoms with Gasteiger partial charge >= 0.3 is 5.97 Å². The molecular weight excluding hydrogens is 250 g/mol. The van der Waals surface area contributed by atoms with E-state index in [2.05, 4.69) is 4.98 Å². The molecule has 0 atom stereocenters. The van der Waals surface area contributed by atoms with Gasteiger partial charge in [-0.2, -0.15) is 0 Å². The second kappa shape index (κ2) is 5.83. The average Bonchev–Trinajstić information content (AvgIpc) is 3.10. The normalized spacial score (nSPS) is 14.4. The minimum absolute atomic E-state index is 0.188. The van der Waals surface area contributed by atoms with E-state index < -0.39 is 12.6 Å². The van der Waals surface area contributed by atoms with Crippen molar-refractivity contribution in [3.63, 3.8) is 0 Å². The minimum Gasteiger partial charge on any atom is -0.480 e. The van der Waals surface area contributed by atoms with Crippen molar-refractivity contribution in [2.24, 2.45) is 7.05 Å². The van der Waals surface area contributed by atoms with Gasteiger partial charge < -0.3 is 19.3 Å². The molecule has 1 saturated carbocycles. The number of imidazole rings is 1. The molecule has 0 aromatic carbocycles. The van der Waals surface area contributed by atoms with Gasteiger partial charge in [0.05, 0.1) is 6.54 Å². The fourth-order valence-corrected chi connectivity index (χ4v) is 1.82. The summed E-state index contributed by atoms with van der Waals surface area (Å²) in [4.78, 5) is 28.3. The Kier molecular flexibility index (Phi) is 4.16. The van der Waals surface area contributed by atoms with Crippen molar-refractivity contribution in [2.45, 2.75) is 25.4 Å². The lowest BCUT2D eigenvalue weighted by atomic mass is 10.4. The first-order chi connectivity index (χ1) is 9.08. The van der Waals surface area contributed by atoms with Crippen molar-refractivity contribution in [2.75, 3.05) is 13.2 Å². The molecular formula is C12H17N3O4. The van der Waals surface area contributed by atoms with E-state index in [0.29, 0.717) is 6.54 Å². The average molecular weight is 267 g/mol. The number of carboxylic acids is 1. The Morgan fingerprint density at radius 2 is 2.26 bits per heavy atom. The molecule has 0 aliphatic heterocycles. The van der Waals surface area contributed by atoms with Gasteiger partial charge in [0.1, 0.15) is 19.0 Å². The van der Waals surface area contributed by atoms with E-state index in [0.717, 1.165) is 18.7 Å². The molecule has 1 amide bonds. The summed E-state index contributed by atoms with van der Waals surface area (Å²) in [5, 5.41) is 8.47. The number of aliphatic carboxylic acids is 1. The highest BCUT2D eigenvalue weighted by atomic mass is 16.5. The van der Waals surface area contributed by atoms with Crippen LogP contribution in [0.15, 0.2) is 12.4 Å². The predicted octanol–water partition coefficient (Wildman–Crippen LogP) is 0.0123. The number of carbonyl (C=O) groups is 2. The quantitative estimate of drug-likeness (QED) is 0.752. The number of amides is 1. The molecule has 1 aromatic heterocycles. The molecule has 0 unspecified atom stereocenters. The monoisotopic (exact) mass is 267 g/mol. The zero-order valence-corrected chi connectivity index (χ0v) is 10.8. The number of nitrogens with zero attached hydrogens (tertiary/aromatic N) is 3. The van der Waals surface area contributed by atoms with Crippen LogP contribution in [0, 0.1) is 0 Å². The van der Waals surface area contributed by atoms with Gasteiger partial charge in [-0.05, 0) is 12.8 Å². The van der Waals surface area contributed by atoms with Crippen LogP contribution in [0.3, 0.4) is 0 Å². The van der Waals surface area contributed by atoms with Crippen molar-refractivity contribution in [3.8, 4) is 0 Å². The first-order valence-electron chi connectivity index (χ1n) is 6.13. The summed E-state index contributed by atoms with van der Waals surface area (Å²) in [6, 6.07) is 0.234. The summed E-state index contributed by atoms with van der Waals surface area (Å²) in [6.45, 7) is -0.219. The molecule has 0 saturated heterocycles. The van der Waals surface area contributed by atoms with E-state index >= 15 is 0 Å². The Morgan fingerprint density at radius 1 is 1.53 bits per heavy atom. The summed E-state index contributed by atoms with van der Waals surface area (Å²) in [5.41, 5.74) is 0. The van der Waals surface area contributed by atoms with Gasteiger partial charge in [-0.15, -0.1) is 0 Å². The Labute approximate surface area is 110 Å². The topological polar surface area (TPSA) is 84.7 Å². The maximum atomic E-state index is 12.0. The first-order valence-corrected chi connectivity index (χ1v) is 6.13. The van der Waals surface area contributed by atoms with Gasteiger partial charge in [0.15, 0.2) is 0 Å². The summed E-state index contributed by atoms with van der Waals surface area (Å²) in [7, 11) is 1.87. The minimum atomic E-state index is -1.07. The van der Waals surface area contributed by atoms with Crippen LogP contribution in [0.1, 0.15) is 18.7 Å². The Bertz CT molecular complexity index is 467. The van der Waals surface area contributed by atoms with Crippen LogP contribution < -0.4 is 0 Å². The lowest BCUT2D eigenvalue weighted by molar-refractivity contribution is -0.146. The molecule has 0 radical (unpaired) electrons. The fraction of sp³-hybridized carbons (Fsp3) is 0.583. The zero-order valence-electron chi connectivity index (χ0n) is 10.8. The third kappa shape index (κ3) is 3.78. The van der Waals surface area contributed by atoms with Crippen LogP contribution in [0.2, 0.25) is 0 Å². The molecule has 7 heteroatoms. The van der Waals surface area contributed by atoms with Crippen LogP contribution >= 0.6 is 0 Å². The molecule has 19 heavy (non-hydrogen) atoms. The number of rotatable bonds is 7. The molecule has 0 spiro atoms. The maximum Gasteiger partial charge on any atom is 0.329 e. The standard InChI is InChI=1S/C12H17N3O4/c1-14-5-4-13-10(14)6-15(9-2-3-9)11(16)7-19-8-12(17)18/h4-5,9H,2-3,6-8H2,1H3,(H,17,18). The third-order valence-electron chi connectivity index (χ3n) is 2.99. The smallest absolute Gasteiger partial charge is 0.329 e. The van der Waals surface area contributed by atoms with E-state index in [-0.39, 0.29) is 18.6 Å². The highest BCUT2D eigenvalue weighted by molar-refractivity contribution is 5.78. The largest absolute Gasteiger partial charge is 0.480 e. The van der Waals surface area contributed by atoms with Crippen molar-refractivity contribution >= 4 is 11.9 Å². The van der Waals surface area contributed by atoms with Gasteiger partial charge in [0.2, 0.25) is 5.91 Å². The number of aromatic nitrogens is 2. The van der Waals surface area contributed by atoms with Crippen molar-refractivity contribution < 1.29 is 19.4 Å². The van der Waals surface area contributed by atoms with Crippen LogP contribution in [0.25, 0.3) is 0 Å². The van der Waals surface area contributed by atoms with E-state index in [9.17, 15) is 9.59 Å². The van der Waals surface area contributed by atoms with Gasteiger partial charge in [0.25, 0.3) is 0 Å². The highest BCUT2D eigenvalue weighted by Gasteiger charge is 2.33. The number of aryl methyl sites for hydroxylation is 1. The van der Waals surface area contributed by atoms with Gasteiger partial charge in [-0.3, -0.25) is 4.79 Å². The molecule has 0 bridgehead atoms. The molecule has 2 rings (SSSR count). The lowest BCUT2D eigenvalue weighted by Gasteiger charge is -2.21. The van der Waals surface area contributed by atoms with Gasteiger partial charge in [-0.1, -0.05) is 0 Å². The molecule has 104 valence electrons. The molecule has 1 fully saturated rings. The van der Waals surface area contributed by atoms with E-state index in [1.54, 1.807) is 11.1 Å². The first kappa shape index (κ1) is 13.5. The van der Waals surface area contributed by atoms with Crippen molar-refractivity contribution in [3.05, 3.63) is 18.2 Å². The van der Waals surface area contributed by atoms with Crippen LogP contribution in [-0.2, 0) is 27.9 Å². The Hall–Kier alpha value is -1.89. The van der Waals surface area contributed by atoms with E-state index in [1.165, 1.54) is 0 Å². The summed E-state index contributed by atoms with van der Waals surface area (Å²) in [6.07, 6.45) is 5.47. The van der Waals surface area contributed by atoms with Gasteiger partial charge in [-0.25, -0.2) is 9.78 Å². The highest BCUT2D eigenvalue weighted by Crippen LogP contribution is 2.28. The third-order valence-corrected chi connectivity index (χ3v) is 2.99. The fourth-order valence-electron chi connectivity index (χ4n) is 1.82. The van der Waals surface area contributed by atoms with Crippen LogP contribution in [0.4, 0.5) is 0 Å². The second-order valence-corrected chi connectivity index (χ2v) is 4.59. The summed E-state index contributed by atoms with van der Waals surface area (Å²) < 4.78 is 6.71. The predicted molar refractivity (Wildman–Crippen MR) is 65.2 cm³/mol. The van der Waals surface area contributed by atoms with Crippen molar-refractivity contribution in [1.82, 2.24) is 14.5 Å². The Morgan fingerprint density at radius 3 is 2.79 bits per heavy atom. The number of hydrogen-bond donors (Lipinski definition) is 1. The number of carboxylic acid groups (broad SMARTS) is 1. The maximum absolute atomic E-state index is 12.0. The molecule has 1 aromatic rings. The summed E-state index contributed by atoms with van der Waals surface area (Å²) >= 11 is 0. The van der Waals surface area contributed by atoms with Crippen molar-refractivity contribution in [1.29, 1.82) is 0 Å². The zero-order chi connectivity index (χ0) is 13.8. The van der Waals surface area contributed by atoms with Crippen LogP contribution in [-0.4, -0.2) is 50.7 Å². The van der Waals surface area contributed by atoms with E-state index in [1.807, 2.05) is 17.8 Å². The van der Waals surface area contributed by atoms with Crippen LogP contribution in [0.5, 0.6) is 0 Å². The number of carbonyl (C=O) groups excluding carboxylic acids is 1. The van der Waals surface area contributed by atoms with Gasteiger partial charge in [0, 0.05) is 25.5 Å². The summed E-state index contributed by atoms with van der Waals surface area (Å²) in [5.74, 6) is -0.458. The Balaban J connectivity index is 1.90. The number of hydrogen-bond acceptors (Lipinski definition) is 4. The molecule has 1 aliphatic carbocycles. The SMILES string of the molecule is Cn1ccnc1CN(C(=O)COCC(=O)O)C1CC1. The molecule has 7 nitrogen and oxygen atoms in total. The molecule has 1 aliphatic rings. The molecule has 1 N–H and O–H groups in total. The van der Waals surface area contributed by atoms with E-state index in [4.69, 9.17) is 9.84 Å². The molecule has 1 heterocycles. The second-order valence-electron chi connectivity index (χ2n) is 4.59.